The van der Waals surface area contributed by atoms with E-state index in [2.05, 4.69) is 200 Å². The van der Waals surface area contributed by atoms with Gasteiger partial charge in [0, 0.05) is 81.9 Å². The van der Waals surface area contributed by atoms with Crippen LogP contribution in [-0.4, -0.2) is 77.6 Å². The first-order valence-electron chi connectivity index (χ1n) is 34.6. The molecule has 10 N–H and O–H groups in total. The van der Waals surface area contributed by atoms with Gasteiger partial charge in [-0.3, -0.25) is 0 Å². The van der Waals surface area contributed by atoms with Crippen LogP contribution >= 0.6 is 105 Å². The highest BCUT2D eigenvalue weighted by molar-refractivity contribution is 7.57. The molecule has 0 heterocycles. The van der Waals surface area contributed by atoms with Crippen LogP contribution in [0.15, 0.2) is 200 Å². The molecule has 10 aromatic rings. The molecule has 0 radical (unpaired) electrons. The van der Waals surface area contributed by atoms with E-state index in [4.69, 9.17) is 14.2 Å². The molecule has 0 spiro atoms. The summed E-state index contributed by atoms with van der Waals surface area (Å²) in [4.78, 5) is 0. The van der Waals surface area contributed by atoms with Gasteiger partial charge in [0.15, 0.2) is 11.5 Å². The van der Waals surface area contributed by atoms with E-state index in [0.717, 1.165) is 69.6 Å². The van der Waals surface area contributed by atoms with E-state index in [-0.39, 0.29) is 98.8 Å². The standard InChI is InChI=1S/2C18H24NOP.C17H22NOP.C16H19FNO3P.C16H20NO2P.5ClH/c1-13-8-7-11-16(17(13)20)21-15-10-6-5-9-14(15)12-19-18(2,3)4;1-13-9-10-15(20)17(11-13)21-16-8-6-5-7-14(16)12-19-18(2,3)4;1-17(2,3)18-12-13-8-4-6-10-15(13)20-16-11-7-5-9-14(16)19;1-18-9-10-6-11(17)4-5-14(10)22-15-8-12(20-2)7-13(21-3)16(15)19;1-11-4-7-15(12(8-11)10-17-2)20-16-9-13(19-3)5-6-14(16)18;;;;;/h2*5-11,19-21H,12H2,1-4H3;4-11,18-20H,12H2,1-3H3;4-8,18-19,22H,9H2,1-3H3;4-9,17-18,20H,10H2,1-3H3;5*1H. The molecule has 10 rings (SSSR count). The highest BCUT2D eigenvalue weighted by atomic mass is 35.5. The van der Waals surface area contributed by atoms with Gasteiger partial charge < -0.3 is 66.3 Å². The molecule has 5 unspecified atom stereocenters. The van der Waals surface area contributed by atoms with Gasteiger partial charge >= 0.3 is 0 Å². The number of ether oxygens (including phenoxy) is 3. The highest BCUT2D eigenvalue weighted by Gasteiger charge is 2.18. The molecule has 10 aromatic carbocycles. The van der Waals surface area contributed by atoms with E-state index >= 15 is 0 Å². The minimum Gasteiger partial charge on any atom is -0.507 e. The molecule has 0 bridgehead atoms. The SMILES string of the molecule is CC(C)(C)NCc1ccccc1Pc1ccccc1O.CNCc1cc(C)ccc1Pc1cc(OC)ccc1O.CNCc1cc(F)ccc1Pc1cc(OC)cc(OC)c1O.Cc1ccc(O)c(Pc2ccccc2CNC(C)(C)C)c1.Cc1cccc(Pc2ccccc2CNC(C)(C)C)c1O.Cl.Cl.Cl.Cl.Cl. The van der Waals surface area contributed by atoms with Gasteiger partial charge in [-0.05, 0) is 212 Å². The van der Waals surface area contributed by atoms with Gasteiger partial charge in [0.25, 0.3) is 0 Å². The largest absolute Gasteiger partial charge is 0.507 e. The Bertz CT molecular complexity index is 4320. The van der Waals surface area contributed by atoms with Crippen LogP contribution in [0, 0.1) is 26.6 Å². The predicted molar refractivity (Wildman–Crippen MR) is 486 cm³/mol. The van der Waals surface area contributed by atoms with Gasteiger partial charge in [-0.15, -0.1) is 62.0 Å². The number of para-hydroxylation sites is 2. The molecule has 0 aliphatic rings. The summed E-state index contributed by atoms with van der Waals surface area (Å²) < 4.78 is 29.0. The summed E-state index contributed by atoms with van der Waals surface area (Å²) in [6, 6.07) is 64.5. The molecular weight excluding hydrogens is 1570 g/mol. The first kappa shape index (κ1) is 101. The zero-order chi connectivity index (χ0) is 76.2. The maximum absolute atomic E-state index is 13.4. The molecule has 5 atom stereocenters. The molecule has 0 amide bonds. The van der Waals surface area contributed by atoms with Crippen LogP contribution in [0.25, 0.3) is 0 Å². The van der Waals surface area contributed by atoms with Crippen LogP contribution < -0.4 is 93.8 Å². The topological polar surface area (TPSA) is 189 Å². The summed E-state index contributed by atoms with van der Waals surface area (Å²) in [5, 5.41) is 77.9. The number of methoxy groups -OCH3 is 3. The lowest BCUT2D eigenvalue weighted by molar-refractivity contribution is 0.366. The quantitative estimate of drug-likeness (QED) is 0.0273. The van der Waals surface area contributed by atoms with Gasteiger partial charge in [0.2, 0.25) is 0 Å². The van der Waals surface area contributed by atoms with Crippen molar-refractivity contribution in [2.45, 2.75) is 132 Å². The average Bonchev–Trinajstić information content (AvgIpc) is 0.834. The summed E-state index contributed by atoms with van der Waals surface area (Å²) in [5.74, 6) is 3.06. The fourth-order valence-electron chi connectivity index (χ4n) is 10.2. The molecule has 0 saturated heterocycles. The molecule has 0 aromatic heterocycles. The Morgan fingerprint density at radius 1 is 0.321 bits per heavy atom. The monoisotopic (exact) mass is 1680 g/mol. The van der Waals surface area contributed by atoms with Crippen molar-refractivity contribution in [3.8, 4) is 46.0 Å². The number of hydrogen-bond donors (Lipinski definition) is 10. The van der Waals surface area contributed by atoms with Crippen molar-refractivity contribution >= 4 is 158 Å². The van der Waals surface area contributed by atoms with E-state index in [1.165, 1.54) is 73.8 Å². The predicted octanol–water partition coefficient (Wildman–Crippen LogP) is 15.4. The number of halogens is 6. The molecule has 0 aliphatic heterocycles. The van der Waals surface area contributed by atoms with E-state index in [1.807, 2.05) is 69.6 Å². The molecule has 13 nitrogen and oxygen atoms in total. The first-order chi connectivity index (χ1) is 49.4. The summed E-state index contributed by atoms with van der Waals surface area (Å²) >= 11 is 0. The zero-order valence-electron chi connectivity index (χ0n) is 65.5. The lowest BCUT2D eigenvalue weighted by Crippen LogP contribution is -2.36. The van der Waals surface area contributed by atoms with Crippen molar-refractivity contribution in [2.75, 3.05) is 35.4 Å². The van der Waals surface area contributed by atoms with Crippen LogP contribution in [0.1, 0.15) is 107 Å². The second-order valence-electron chi connectivity index (χ2n) is 28.0. The van der Waals surface area contributed by atoms with Crippen molar-refractivity contribution in [3.63, 3.8) is 0 Å². The summed E-state index contributed by atoms with van der Waals surface area (Å²) in [5.41, 5.74) is 9.69. The van der Waals surface area contributed by atoms with Crippen LogP contribution in [0.4, 0.5) is 4.39 Å². The average molecular weight is 1690 g/mol. The highest BCUT2D eigenvalue weighted by Crippen LogP contribution is 2.34. The van der Waals surface area contributed by atoms with E-state index in [1.54, 1.807) is 56.7 Å². The van der Waals surface area contributed by atoms with Crippen molar-refractivity contribution < 1.29 is 44.1 Å². The molecule has 109 heavy (non-hydrogen) atoms. The fourth-order valence-corrected chi connectivity index (χ4v) is 16.4. The second-order valence-corrected chi connectivity index (χ2v) is 34.7. The van der Waals surface area contributed by atoms with Gasteiger partial charge in [0.1, 0.15) is 40.3 Å². The third-order valence-corrected chi connectivity index (χ3v) is 23.0. The van der Waals surface area contributed by atoms with Crippen molar-refractivity contribution in [3.05, 3.63) is 251 Å². The number of rotatable bonds is 23. The van der Waals surface area contributed by atoms with Crippen molar-refractivity contribution in [1.29, 1.82) is 0 Å². The van der Waals surface area contributed by atoms with Gasteiger partial charge in [-0.25, -0.2) is 4.39 Å². The molecule has 24 heteroatoms. The Balaban J connectivity index is 0.000000674. The van der Waals surface area contributed by atoms with E-state index < -0.39 is 0 Å². The van der Waals surface area contributed by atoms with Crippen LogP contribution in [0.2, 0.25) is 0 Å². The Kier molecular flexibility index (Phi) is 46.4. The van der Waals surface area contributed by atoms with Crippen LogP contribution in [0.5, 0.6) is 46.0 Å². The molecule has 0 fully saturated rings. The Morgan fingerprint density at radius 2 is 0.688 bits per heavy atom. The van der Waals surface area contributed by atoms with Gasteiger partial charge in [-0.2, -0.15) is 0 Å². The third-order valence-electron chi connectivity index (χ3n) is 15.9. The number of phenols is 5. The number of hydrogen-bond acceptors (Lipinski definition) is 13. The molecule has 594 valence electrons. The lowest BCUT2D eigenvalue weighted by atomic mass is 10.1. The number of aryl methyl sites for hydroxylation is 3. The third kappa shape index (κ3) is 35.2. The van der Waals surface area contributed by atoms with Gasteiger partial charge in [0.05, 0.1) is 21.3 Å². The maximum Gasteiger partial charge on any atom is 0.165 e. The Hall–Kier alpha value is -6.07. The number of phenolic OH excluding ortho intramolecular Hbond substituents is 5. The molecule has 0 aliphatic carbocycles. The van der Waals surface area contributed by atoms with E-state index in [9.17, 15) is 29.9 Å². The zero-order valence-corrected chi connectivity index (χ0v) is 74.6. The fraction of sp³-hybridized carbons (Fsp3) is 0.294. The molecule has 0 saturated carbocycles. The smallest absolute Gasteiger partial charge is 0.165 e. The van der Waals surface area contributed by atoms with Crippen molar-refractivity contribution in [1.82, 2.24) is 26.6 Å². The summed E-state index contributed by atoms with van der Waals surface area (Å²) in [7, 11) is 10.4. The minimum atomic E-state index is -0.272. The lowest BCUT2D eigenvalue weighted by Gasteiger charge is -2.22. The number of nitrogens with one attached hydrogen (secondary N) is 5. The Labute approximate surface area is 688 Å². The number of aromatic hydroxyl groups is 5. The normalized spacial score (nSPS) is 11.2. The molecular formula is C85H114Cl5FN5O8P5. The summed E-state index contributed by atoms with van der Waals surface area (Å²) in [6.45, 7) is 29.5. The van der Waals surface area contributed by atoms with Crippen LogP contribution in [-0.2, 0) is 32.7 Å². The Morgan fingerprint density at radius 3 is 1.16 bits per heavy atom. The number of benzene rings is 10. The second kappa shape index (κ2) is 50.1. The first-order valence-corrected chi connectivity index (χ1v) is 39.6. The van der Waals surface area contributed by atoms with Crippen LogP contribution in [0.3, 0.4) is 0 Å². The summed E-state index contributed by atoms with van der Waals surface area (Å²) in [6.07, 6.45) is 0. The van der Waals surface area contributed by atoms with E-state index in [0.29, 0.717) is 80.7 Å². The minimum absolute atomic E-state index is 0. The van der Waals surface area contributed by atoms with Gasteiger partial charge in [-0.1, -0.05) is 194 Å². The van der Waals surface area contributed by atoms with Crippen molar-refractivity contribution in [2.24, 2.45) is 0 Å². The maximum atomic E-state index is 13.4.